The summed E-state index contributed by atoms with van der Waals surface area (Å²) < 4.78 is 21.5. The van der Waals surface area contributed by atoms with Crippen LogP contribution in [0.1, 0.15) is 37.8 Å². The number of hydrogen-bond donors (Lipinski definition) is 0. The second kappa shape index (κ2) is 8.33. The smallest absolute Gasteiger partial charge is 0.231 e. The molecule has 28 heavy (non-hydrogen) atoms. The Morgan fingerprint density at radius 2 is 1.11 bits per heavy atom. The average Bonchev–Trinajstić information content (AvgIpc) is 3.37. The monoisotopic (exact) mass is 380 g/mol. The van der Waals surface area contributed by atoms with Gasteiger partial charge in [0, 0.05) is 11.4 Å². The van der Waals surface area contributed by atoms with Gasteiger partial charge in [-0.2, -0.15) is 10.2 Å². The van der Waals surface area contributed by atoms with E-state index in [0.29, 0.717) is 13.6 Å². The summed E-state index contributed by atoms with van der Waals surface area (Å²) in [7, 11) is 0. The van der Waals surface area contributed by atoms with Crippen LogP contribution in [0.4, 0.5) is 0 Å². The summed E-state index contributed by atoms with van der Waals surface area (Å²) in [5.41, 5.74) is 4.45. The van der Waals surface area contributed by atoms with Crippen LogP contribution in [-0.2, 0) is 12.8 Å². The van der Waals surface area contributed by atoms with E-state index >= 15 is 0 Å². The largest absolute Gasteiger partial charge is 0.454 e. The molecule has 0 saturated carbocycles. The van der Waals surface area contributed by atoms with E-state index in [9.17, 15) is 0 Å². The van der Waals surface area contributed by atoms with Crippen LogP contribution in [-0.4, -0.2) is 25.0 Å². The number of fused-ring (bicyclic) bond motifs is 2. The van der Waals surface area contributed by atoms with Gasteiger partial charge in [0.2, 0.25) is 13.6 Å². The first-order valence-corrected chi connectivity index (χ1v) is 9.51. The highest BCUT2D eigenvalue weighted by Gasteiger charge is 2.14. The third-order valence-electron chi connectivity index (χ3n) is 4.82. The summed E-state index contributed by atoms with van der Waals surface area (Å²) in [5, 5.41) is 8.77. The average molecular weight is 380 g/mol. The van der Waals surface area contributed by atoms with Crippen molar-refractivity contribution in [1.82, 2.24) is 0 Å². The highest BCUT2D eigenvalue weighted by atomic mass is 16.7. The van der Waals surface area contributed by atoms with Crippen molar-refractivity contribution >= 4 is 11.4 Å². The molecule has 0 atom stereocenters. The maximum atomic E-state index is 5.42. The molecule has 2 aliphatic heterocycles. The minimum absolute atomic E-state index is 0.305. The first-order valence-electron chi connectivity index (χ1n) is 9.51. The second-order valence-electron chi connectivity index (χ2n) is 7.05. The van der Waals surface area contributed by atoms with Crippen LogP contribution >= 0.6 is 0 Å². The standard InChI is InChI=1S/C22H24N2O4/c1-15(3-5-17-7-9-19-21(11-17)27-13-25-19)23-24-16(2)4-6-18-8-10-20-22(12-18)28-14-26-20/h7-12H,3-6,13-14H2,1-2H3. The third-order valence-corrected chi connectivity index (χ3v) is 4.82. The lowest BCUT2D eigenvalue weighted by Gasteiger charge is -2.04. The molecule has 2 aromatic rings. The van der Waals surface area contributed by atoms with E-state index < -0.39 is 0 Å². The summed E-state index contributed by atoms with van der Waals surface area (Å²) in [6, 6.07) is 12.1. The van der Waals surface area contributed by atoms with Gasteiger partial charge in [-0.15, -0.1) is 0 Å². The first-order chi connectivity index (χ1) is 13.7. The lowest BCUT2D eigenvalue weighted by molar-refractivity contribution is 0.173. The van der Waals surface area contributed by atoms with E-state index in [4.69, 9.17) is 18.9 Å². The van der Waals surface area contributed by atoms with Crippen molar-refractivity contribution in [2.24, 2.45) is 10.2 Å². The van der Waals surface area contributed by atoms with E-state index in [1.165, 1.54) is 11.1 Å². The zero-order valence-corrected chi connectivity index (χ0v) is 16.2. The van der Waals surface area contributed by atoms with Gasteiger partial charge in [0.25, 0.3) is 0 Å². The zero-order chi connectivity index (χ0) is 19.3. The molecule has 0 fully saturated rings. The van der Waals surface area contributed by atoms with Crippen molar-refractivity contribution in [2.75, 3.05) is 13.6 Å². The zero-order valence-electron chi connectivity index (χ0n) is 16.2. The second-order valence-corrected chi connectivity index (χ2v) is 7.05. The van der Waals surface area contributed by atoms with Crippen molar-refractivity contribution in [3.63, 3.8) is 0 Å². The molecule has 2 heterocycles. The van der Waals surface area contributed by atoms with Crippen LogP contribution in [0, 0.1) is 0 Å². The Kier molecular flexibility index (Phi) is 5.46. The van der Waals surface area contributed by atoms with Crippen molar-refractivity contribution in [3.8, 4) is 23.0 Å². The van der Waals surface area contributed by atoms with E-state index in [-0.39, 0.29) is 0 Å². The minimum Gasteiger partial charge on any atom is -0.454 e. The predicted molar refractivity (Wildman–Crippen MR) is 108 cm³/mol. The van der Waals surface area contributed by atoms with Crippen molar-refractivity contribution < 1.29 is 18.9 Å². The Balaban J connectivity index is 1.26. The SMILES string of the molecule is CC(CCc1ccc2c(c1)OCO2)=NN=C(C)CCc1ccc2c(c1)OCO2. The Morgan fingerprint density at radius 3 is 1.57 bits per heavy atom. The molecule has 0 bridgehead atoms. The maximum absolute atomic E-state index is 5.42. The topological polar surface area (TPSA) is 61.6 Å². The minimum atomic E-state index is 0.305. The van der Waals surface area contributed by atoms with Gasteiger partial charge in [0.15, 0.2) is 23.0 Å². The number of aryl methyl sites for hydroxylation is 2. The van der Waals surface area contributed by atoms with Gasteiger partial charge in [0.05, 0.1) is 0 Å². The number of nitrogens with zero attached hydrogens (tertiary/aromatic N) is 2. The molecule has 146 valence electrons. The quantitative estimate of drug-likeness (QED) is 0.522. The van der Waals surface area contributed by atoms with Crippen LogP contribution < -0.4 is 18.9 Å². The molecular weight excluding hydrogens is 356 g/mol. The lowest BCUT2D eigenvalue weighted by Crippen LogP contribution is -1.98. The van der Waals surface area contributed by atoms with Gasteiger partial charge in [0.1, 0.15) is 0 Å². The van der Waals surface area contributed by atoms with E-state index in [1.54, 1.807) is 0 Å². The lowest BCUT2D eigenvalue weighted by atomic mass is 10.1. The van der Waals surface area contributed by atoms with Crippen molar-refractivity contribution in [3.05, 3.63) is 47.5 Å². The fourth-order valence-electron chi connectivity index (χ4n) is 3.11. The number of hydrogen-bond acceptors (Lipinski definition) is 6. The Morgan fingerprint density at radius 1 is 0.679 bits per heavy atom. The molecule has 0 aromatic heterocycles. The number of benzene rings is 2. The van der Waals surface area contributed by atoms with Crippen molar-refractivity contribution in [2.45, 2.75) is 39.5 Å². The Labute approximate surface area is 164 Å². The summed E-state index contributed by atoms with van der Waals surface area (Å²) >= 11 is 0. The Bertz CT molecular complexity index is 845. The van der Waals surface area contributed by atoms with Gasteiger partial charge in [-0.05, 0) is 74.9 Å². The molecule has 2 aromatic carbocycles. The predicted octanol–water partition coefficient (Wildman–Crippen LogP) is 4.55. The van der Waals surface area contributed by atoms with Crippen molar-refractivity contribution in [1.29, 1.82) is 0 Å². The van der Waals surface area contributed by atoms with Crippen LogP contribution in [0.2, 0.25) is 0 Å². The van der Waals surface area contributed by atoms with E-state index in [0.717, 1.165) is 60.1 Å². The molecule has 6 heteroatoms. The summed E-state index contributed by atoms with van der Waals surface area (Å²) in [6.45, 7) is 4.64. The summed E-state index contributed by atoms with van der Waals surface area (Å²) in [5.74, 6) is 3.28. The molecule has 0 N–H and O–H groups in total. The molecule has 0 saturated heterocycles. The number of rotatable bonds is 7. The van der Waals surface area contributed by atoms with Gasteiger partial charge in [-0.1, -0.05) is 12.1 Å². The fraction of sp³-hybridized carbons (Fsp3) is 0.364. The Hall–Kier alpha value is -3.02. The van der Waals surface area contributed by atoms with Crippen LogP contribution in [0.25, 0.3) is 0 Å². The van der Waals surface area contributed by atoms with Gasteiger partial charge >= 0.3 is 0 Å². The van der Waals surface area contributed by atoms with Crippen LogP contribution in [0.3, 0.4) is 0 Å². The molecule has 0 unspecified atom stereocenters. The highest BCUT2D eigenvalue weighted by molar-refractivity contribution is 5.85. The highest BCUT2D eigenvalue weighted by Crippen LogP contribution is 2.33. The van der Waals surface area contributed by atoms with Crippen LogP contribution in [0.15, 0.2) is 46.6 Å². The van der Waals surface area contributed by atoms with E-state index in [1.807, 2.05) is 38.1 Å². The van der Waals surface area contributed by atoms with Gasteiger partial charge < -0.3 is 18.9 Å². The maximum Gasteiger partial charge on any atom is 0.231 e. The molecular formula is C22H24N2O4. The van der Waals surface area contributed by atoms with Gasteiger partial charge in [-0.3, -0.25) is 0 Å². The van der Waals surface area contributed by atoms with Crippen LogP contribution in [0.5, 0.6) is 23.0 Å². The molecule has 0 amide bonds. The summed E-state index contributed by atoms with van der Waals surface area (Å²) in [6.07, 6.45) is 3.52. The molecule has 6 nitrogen and oxygen atoms in total. The normalized spacial score (nSPS) is 15.2. The molecule has 2 aliphatic rings. The first kappa shape index (κ1) is 18.3. The molecule has 4 rings (SSSR count). The van der Waals surface area contributed by atoms with Gasteiger partial charge in [-0.25, -0.2) is 0 Å². The fourth-order valence-corrected chi connectivity index (χ4v) is 3.11. The third kappa shape index (κ3) is 4.44. The summed E-state index contributed by atoms with van der Waals surface area (Å²) in [4.78, 5) is 0. The molecule has 0 spiro atoms. The van der Waals surface area contributed by atoms with E-state index in [2.05, 4.69) is 22.3 Å². The number of ether oxygens (including phenoxy) is 4. The molecule has 0 aliphatic carbocycles. The molecule has 0 radical (unpaired) electrons.